The van der Waals surface area contributed by atoms with Crippen molar-refractivity contribution in [1.82, 2.24) is 5.32 Å². The zero-order valence-electron chi connectivity index (χ0n) is 13.7. The molecule has 0 aliphatic carbocycles. The smallest absolute Gasteiger partial charge is 0.408 e. The zero-order chi connectivity index (χ0) is 17.1. The summed E-state index contributed by atoms with van der Waals surface area (Å²) in [6.45, 7) is 8.79. The number of rotatable bonds is 4. The average Bonchev–Trinajstić information content (AvgIpc) is 2.34. The van der Waals surface area contributed by atoms with Crippen LogP contribution in [0.2, 0.25) is 0 Å². The summed E-state index contributed by atoms with van der Waals surface area (Å²) in [7, 11) is 1.50. The molecule has 5 nitrogen and oxygen atoms in total. The molecule has 0 unspecified atom stereocenters. The maximum absolute atomic E-state index is 12.6. The third kappa shape index (κ3) is 5.02. The summed E-state index contributed by atoms with van der Waals surface area (Å²) >= 11 is 3.38. The van der Waals surface area contributed by atoms with Crippen LogP contribution in [0.1, 0.15) is 43.6 Å². The van der Waals surface area contributed by atoms with E-state index in [9.17, 15) is 9.59 Å². The van der Waals surface area contributed by atoms with Crippen molar-refractivity contribution in [1.29, 1.82) is 0 Å². The Balaban J connectivity index is 2.94. The average molecular weight is 372 g/mol. The molecule has 6 heteroatoms. The third-order valence-corrected chi connectivity index (χ3v) is 3.37. The SMILES string of the molecule is COc1c(Br)cc(C)cc1C(=O)[C@H](C)NC(=O)OC(C)(C)C. The number of alkyl carbamates (subject to hydrolysis) is 1. The minimum Gasteiger partial charge on any atom is -0.495 e. The molecule has 1 aromatic carbocycles. The van der Waals surface area contributed by atoms with Gasteiger partial charge in [-0.25, -0.2) is 4.79 Å². The number of benzene rings is 1. The van der Waals surface area contributed by atoms with Gasteiger partial charge in [0.15, 0.2) is 5.78 Å². The van der Waals surface area contributed by atoms with Crippen LogP contribution in [0.5, 0.6) is 5.75 Å². The molecule has 22 heavy (non-hydrogen) atoms. The number of carbonyl (C=O) groups excluding carboxylic acids is 2. The van der Waals surface area contributed by atoms with Crippen LogP contribution >= 0.6 is 15.9 Å². The number of Topliss-reactive ketones (excluding diaryl/α,β-unsaturated/α-hetero) is 1. The highest BCUT2D eigenvalue weighted by Crippen LogP contribution is 2.31. The van der Waals surface area contributed by atoms with Crippen LogP contribution in [-0.4, -0.2) is 30.6 Å². The van der Waals surface area contributed by atoms with Gasteiger partial charge in [0, 0.05) is 0 Å². The first kappa shape index (κ1) is 18.5. The first-order valence-corrected chi connectivity index (χ1v) is 7.72. The molecule has 1 N–H and O–H groups in total. The number of methoxy groups -OCH3 is 1. The Kier molecular flexibility index (Phi) is 6.00. The standard InChI is InChI=1S/C16H22BrNO4/c1-9-7-11(14(21-6)12(17)8-9)13(19)10(2)18-15(20)22-16(3,4)5/h7-8,10H,1-6H3,(H,18,20)/t10-/m0/s1. The molecule has 1 aromatic rings. The Morgan fingerprint density at radius 2 is 1.86 bits per heavy atom. The second kappa shape index (κ2) is 7.13. The van der Waals surface area contributed by atoms with E-state index in [2.05, 4.69) is 21.2 Å². The highest BCUT2D eigenvalue weighted by Gasteiger charge is 2.25. The molecule has 0 radical (unpaired) electrons. The lowest BCUT2D eigenvalue weighted by Gasteiger charge is -2.22. The molecule has 0 saturated heterocycles. The van der Waals surface area contributed by atoms with Gasteiger partial charge in [0.2, 0.25) is 0 Å². The normalized spacial score (nSPS) is 12.5. The van der Waals surface area contributed by atoms with Gasteiger partial charge < -0.3 is 14.8 Å². The van der Waals surface area contributed by atoms with Gasteiger partial charge in [-0.3, -0.25) is 4.79 Å². The predicted octanol–water partition coefficient (Wildman–Crippen LogP) is 3.86. The molecular weight excluding hydrogens is 350 g/mol. The number of ether oxygens (including phenoxy) is 2. The van der Waals surface area contributed by atoms with Gasteiger partial charge in [-0.2, -0.15) is 0 Å². The van der Waals surface area contributed by atoms with Gasteiger partial charge in [0.1, 0.15) is 11.4 Å². The van der Waals surface area contributed by atoms with Crippen LogP contribution in [0.4, 0.5) is 4.79 Å². The number of halogens is 1. The minimum atomic E-state index is -0.725. The Morgan fingerprint density at radius 1 is 1.27 bits per heavy atom. The molecule has 0 saturated carbocycles. The van der Waals surface area contributed by atoms with E-state index in [0.29, 0.717) is 15.8 Å². The molecule has 0 heterocycles. The lowest BCUT2D eigenvalue weighted by atomic mass is 10.0. The van der Waals surface area contributed by atoms with Gasteiger partial charge in [-0.05, 0) is 68.2 Å². The van der Waals surface area contributed by atoms with Crippen molar-refractivity contribution < 1.29 is 19.1 Å². The first-order chi connectivity index (χ1) is 10.0. The fourth-order valence-corrected chi connectivity index (χ4v) is 2.64. The van der Waals surface area contributed by atoms with Crippen molar-refractivity contribution in [2.45, 2.75) is 46.3 Å². The van der Waals surface area contributed by atoms with Crippen molar-refractivity contribution >= 4 is 27.8 Å². The summed E-state index contributed by atoms with van der Waals surface area (Å²) in [4.78, 5) is 24.3. The number of amides is 1. The van der Waals surface area contributed by atoms with E-state index in [1.807, 2.05) is 13.0 Å². The van der Waals surface area contributed by atoms with E-state index >= 15 is 0 Å². The van der Waals surface area contributed by atoms with Crippen molar-refractivity contribution in [2.75, 3.05) is 7.11 Å². The summed E-state index contributed by atoms with van der Waals surface area (Å²) in [5, 5.41) is 2.54. The molecular formula is C16H22BrNO4. The fourth-order valence-electron chi connectivity index (χ4n) is 1.90. The molecule has 1 amide bonds. The molecule has 0 aliphatic rings. The van der Waals surface area contributed by atoms with Crippen LogP contribution in [0.3, 0.4) is 0 Å². The van der Waals surface area contributed by atoms with Crippen molar-refractivity contribution in [3.63, 3.8) is 0 Å². The van der Waals surface area contributed by atoms with Crippen molar-refractivity contribution in [3.05, 3.63) is 27.7 Å². The van der Waals surface area contributed by atoms with Crippen LogP contribution in [-0.2, 0) is 4.74 Å². The fraction of sp³-hybridized carbons (Fsp3) is 0.500. The third-order valence-electron chi connectivity index (χ3n) is 2.78. The number of hydrogen-bond donors (Lipinski definition) is 1. The summed E-state index contributed by atoms with van der Waals surface area (Å²) in [6, 6.07) is 2.87. The Bertz CT molecular complexity index is 578. The van der Waals surface area contributed by atoms with E-state index in [1.54, 1.807) is 33.8 Å². The Labute approximate surface area is 139 Å². The van der Waals surface area contributed by atoms with E-state index in [0.717, 1.165) is 5.56 Å². The Morgan fingerprint density at radius 3 is 2.36 bits per heavy atom. The van der Waals surface area contributed by atoms with Crippen LogP contribution in [0.15, 0.2) is 16.6 Å². The molecule has 1 rings (SSSR count). The second-order valence-corrected chi connectivity index (χ2v) is 6.91. The van der Waals surface area contributed by atoms with E-state index in [-0.39, 0.29) is 5.78 Å². The predicted molar refractivity (Wildman–Crippen MR) is 88.6 cm³/mol. The van der Waals surface area contributed by atoms with Gasteiger partial charge in [-0.1, -0.05) is 0 Å². The summed E-state index contributed by atoms with van der Waals surface area (Å²) in [6.07, 6.45) is -0.626. The lowest BCUT2D eigenvalue weighted by molar-refractivity contribution is 0.0496. The molecule has 0 aromatic heterocycles. The quantitative estimate of drug-likeness (QED) is 0.816. The van der Waals surface area contributed by atoms with Crippen LogP contribution in [0, 0.1) is 6.92 Å². The van der Waals surface area contributed by atoms with Crippen LogP contribution in [0.25, 0.3) is 0 Å². The van der Waals surface area contributed by atoms with Crippen LogP contribution < -0.4 is 10.1 Å². The number of aryl methyl sites for hydroxylation is 1. The number of carbonyl (C=O) groups is 2. The second-order valence-electron chi connectivity index (χ2n) is 6.06. The highest BCUT2D eigenvalue weighted by molar-refractivity contribution is 9.10. The topological polar surface area (TPSA) is 64.6 Å². The molecule has 0 bridgehead atoms. The van der Waals surface area contributed by atoms with Gasteiger partial charge in [0.05, 0.1) is 23.2 Å². The minimum absolute atomic E-state index is 0.243. The lowest BCUT2D eigenvalue weighted by Crippen LogP contribution is -2.41. The summed E-state index contributed by atoms with van der Waals surface area (Å²) in [5.74, 6) is 0.209. The summed E-state index contributed by atoms with van der Waals surface area (Å²) in [5.41, 5.74) is 0.718. The van der Waals surface area contributed by atoms with Gasteiger partial charge in [-0.15, -0.1) is 0 Å². The highest BCUT2D eigenvalue weighted by atomic mass is 79.9. The van der Waals surface area contributed by atoms with Crippen molar-refractivity contribution in [3.8, 4) is 5.75 Å². The van der Waals surface area contributed by atoms with E-state index in [1.165, 1.54) is 7.11 Å². The molecule has 0 spiro atoms. The van der Waals surface area contributed by atoms with Gasteiger partial charge in [0.25, 0.3) is 0 Å². The Hall–Kier alpha value is -1.56. The largest absolute Gasteiger partial charge is 0.495 e. The van der Waals surface area contributed by atoms with E-state index in [4.69, 9.17) is 9.47 Å². The summed E-state index contributed by atoms with van der Waals surface area (Å²) < 4.78 is 11.1. The number of ketones is 1. The van der Waals surface area contributed by atoms with Gasteiger partial charge >= 0.3 is 6.09 Å². The maximum Gasteiger partial charge on any atom is 0.408 e. The monoisotopic (exact) mass is 371 g/mol. The molecule has 0 aliphatic heterocycles. The molecule has 1 atom stereocenters. The van der Waals surface area contributed by atoms with Crippen molar-refractivity contribution in [2.24, 2.45) is 0 Å². The maximum atomic E-state index is 12.6. The molecule has 0 fully saturated rings. The molecule has 122 valence electrons. The van der Waals surface area contributed by atoms with E-state index < -0.39 is 17.7 Å². The number of nitrogens with one attached hydrogen (secondary N) is 1. The number of hydrogen-bond acceptors (Lipinski definition) is 4. The zero-order valence-corrected chi connectivity index (χ0v) is 15.3. The first-order valence-electron chi connectivity index (χ1n) is 6.93.